The summed E-state index contributed by atoms with van der Waals surface area (Å²) in [5.41, 5.74) is 0. The lowest BCUT2D eigenvalue weighted by atomic mass is 10.2. The molecule has 2 fully saturated rings. The molecule has 0 bridgehead atoms. The summed E-state index contributed by atoms with van der Waals surface area (Å²) in [6.45, 7) is 7.35. The van der Waals surface area contributed by atoms with E-state index in [4.69, 9.17) is 9.47 Å². The van der Waals surface area contributed by atoms with Crippen molar-refractivity contribution >= 4 is 0 Å². The molecule has 2 saturated heterocycles. The van der Waals surface area contributed by atoms with Crippen molar-refractivity contribution < 1.29 is 9.47 Å². The second kappa shape index (κ2) is 4.40. The minimum atomic E-state index is -0.316. The third kappa shape index (κ3) is 2.10. The molecule has 0 saturated carbocycles. The number of rotatable bonds is 3. The number of likely N-dealkylation sites (tertiary alicyclic amines) is 1. The molecule has 0 amide bonds. The molecule has 2 aliphatic heterocycles. The number of imidazole rings is 1. The van der Waals surface area contributed by atoms with E-state index in [1.165, 1.54) is 0 Å². The van der Waals surface area contributed by atoms with Gasteiger partial charge in [0.05, 0.1) is 26.3 Å². The summed E-state index contributed by atoms with van der Waals surface area (Å²) in [6.07, 6.45) is 4.87. The van der Waals surface area contributed by atoms with Crippen LogP contribution in [0.3, 0.4) is 0 Å². The predicted octanol–water partition coefficient (Wildman–Crippen LogP) is 0.852. The molecule has 5 heteroatoms. The second-order valence-corrected chi connectivity index (χ2v) is 4.70. The smallest absolute Gasteiger partial charge is 0.182 e. The molecular formula is C12H19N3O2. The quantitative estimate of drug-likeness (QED) is 0.781. The molecular weight excluding hydrogens is 218 g/mol. The maximum absolute atomic E-state index is 5.72. The number of nitrogens with zero attached hydrogens (tertiary/aromatic N) is 3. The molecule has 1 aromatic rings. The normalized spacial score (nSPS) is 23.8. The van der Waals surface area contributed by atoms with Crippen LogP contribution in [0, 0.1) is 0 Å². The van der Waals surface area contributed by atoms with E-state index in [0.717, 1.165) is 51.6 Å². The maximum Gasteiger partial charge on any atom is 0.182 e. The topological polar surface area (TPSA) is 39.5 Å². The minimum absolute atomic E-state index is 0.316. The molecule has 0 N–H and O–H groups in total. The first-order valence-electron chi connectivity index (χ1n) is 6.32. The second-order valence-electron chi connectivity index (χ2n) is 4.70. The number of hydrogen-bond acceptors (Lipinski definition) is 4. The minimum Gasteiger partial charge on any atom is -0.346 e. The van der Waals surface area contributed by atoms with Crippen LogP contribution in [0.2, 0.25) is 0 Å². The number of ether oxygens (including phenoxy) is 2. The fraction of sp³-hybridized carbons (Fsp3) is 0.750. The Labute approximate surface area is 101 Å². The third-order valence-electron chi connectivity index (χ3n) is 3.59. The van der Waals surface area contributed by atoms with Crippen LogP contribution < -0.4 is 0 Å². The maximum atomic E-state index is 5.72. The van der Waals surface area contributed by atoms with E-state index in [2.05, 4.69) is 21.4 Å². The highest BCUT2D eigenvalue weighted by atomic mass is 16.7. The Morgan fingerprint density at radius 1 is 1.41 bits per heavy atom. The van der Waals surface area contributed by atoms with E-state index in [0.29, 0.717) is 0 Å². The largest absolute Gasteiger partial charge is 0.346 e. The monoisotopic (exact) mass is 237 g/mol. The Hall–Kier alpha value is -0.910. The summed E-state index contributed by atoms with van der Waals surface area (Å²) in [7, 11) is 0. The molecule has 1 aromatic heterocycles. The van der Waals surface area contributed by atoms with Gasteiger partial charge in [0.2, 0.25) is 0 Å². The van der Waals surface area contributed by atoms with Crippen molar-refractivity contribution in [3.8, 4) is 0 Å². The average molecular weight is 237 g/mol. The molecule has 94 valence electrons. The highest BCUT2D eigenvalue weighted by Gasteiger charge is 2.43. The number of aryl methyl sites for hydroxylation is 1. The van der Waals surface area contributed by atoms with Gasteiger partial charge in [-0.2, -0.15) is 0 Å². The molecule has 0 radical (unpaired) electrons. The molecule has 0 aliphatic carbocycles. The Morgan fingerprint density at radius 2 is 2.24 bits per heavy atom. The molecule has 0 unspecified atom stereocenters. The zero-order valence-electron chi connectivity index (χ0n) is 10.3. The van der Waals surface area contributed by atoms with Gasteiger partial charge >= 0.3 is 0 Å². The van der Waals surface area contributed by atoms with E-state index >= 15 is 0 Å². The van der Waals surface area contributed by atoms with Gasteiger partial charge in [-0.1, -0.05) is 0 Å². The fourth-order valence-electron chi connectivity index (χ4n) is 2.67. The lowest BCUT2D eigenvalue weighted by molar-refractivity contribution is -0.145. The summed E-state index contributed by atoms with van der Waals surface area (Å²) in [5.74, 6) is 0.812. The van der Waals surface area contributed by atoms with E-state index < -0.39 is 0 Å². The number of hydrogen-bond donors (Lipinski definition) is 0. The Bertz CT molecular complexity index is 385. The predicted molar refractivity (Wildman–Crippen MR) is 62.4 cm³/mol. The standard InChI is InChI=1S/C12H19N3O2/c1-2-15-6-4-13-11(15)9-14-5-3-12(10-14)16-7-8-17-12/h4,6H,2-3,5,7-10H2,1H3. The summed E-state index contributed by atoms with van der Waals surface area (Å²) >= 11 is 0. The van der Waals surface area contributed by atoms with Gasteiger partial charge < -0.3 is 14.0 Å². The summed E-state index contributed by atoms with van der Waals surface area (Å²) in [4.78, 5) is 6.77. The first-order valence-corrected chi connectivity index (χ1v) is 6.32. The van der Waals surface area contributed by atoms with Crippen LogP contribution in [0.4, 0.5) is 0 Å². The van der Waals surface area contributed by atoms with Crippen LogP contribution in [-0.2, 0) is 22.6 Å². The zero-order chi connectivity index (χ0) is 11.7. The van der Waals surface area contributed by atoms with Crippen LogP contribution in [0.15, 0.2) is 12.4 Å². The van der Waals surface area contributed by atoms with Crippen molar-refractivity contribution in [2.75, 3.05) is 26.3 Å². The van der Waals surface area contributed by atoms with Crippen molar-refractivity contribution in [1.29, 1.82) is 0 Å². The van der Waals surface area contributed by atoms with E-state index in [1.54, 1.807) is 0 Å². The van der Waals surface area contributed by atoms with E-state index in [9.17, 15) is 0 Å². The van der Waals surface area contributed by atoms with Gasteiger partial charge in [-0.25, -0.2) is 4.98 Å². The first-order chi connectivity index (χ1) is 8.31. The Morgan fingerprint density at radius 3 is 3.00 bits per heavy atom. The molecule has 5 nitrogen and oxygen atoms in total. The van der Waals surface area contributed by atoms with Gasteiger partial charge in [0.1, 0.15) is 5.82 Å². The SMILES string of the molecule is CCn1ccnc1CN1CCC2(C1)OCCO2. The fourth-order valence-corrected chi connectivity index (χ4v) is 2.67. The van der Waals surface area contributed by atoms with Gasteiger partial charge in [-0.15, -0.1) is 0 Å². The molecule has 2 aliphatic rings. The van der Waals surface area contributed by atoms with Crippen LogP contribution in [0.5, 0.6) is 0 Å². The van der Waals surface area contributed by atoms with Crippen molar-refractivity contribution in [3.05, 3.63) is 18.2 Å². The van der Waals surface area contributed by atoms with Gasteiger partial charge in [0.25, 0.3) is 0 Å². The highest BCUT2D eigenvalue weighted by Crippen LogP contribution is 2.30. The van der Waals surface area contributed by atoms with Crippen molar-refractivity contribution in [2.24, 2.45) is 0 Å². The molecule has 0 atom stereocenters. The van der Waals surface area contributed by atoms with Gasteiger partial charge in [0, 0.05) is 31.9 Å². The van der Waals surface area contributed by atoms with Crippen LogP contribution in [0.25, 0.3) is 0 Å². The van der Waals surface area contributed by atoms with Crippen molar-refractivity contribution in [3.63, 3.8) is 0 Å². The molecule has 0 aromatic carbocycles. The molecule has 3 rings (SSSR count). The summed E-state index contributed by atoms with van der Waals surface area (Å²) < 4.78 is 13.6. The van der Waals surface area contributed by atoms with Gasteiger partial charge in [-0.05, 0) is 6.92 Å². The Balaban J connectivity index is 1.64. The zero-order valence-corrected chi connectivity index (χ0v) is 10.3. The molecule has 3 heterocycles. The number of aromatic nitrogens is 2. The van der Waals surface area contributed by atoms with Crippen LogP contribution in [-0.4, -0.2) is 46.5 Å². The third-order valence-corrected chi connectivity index (χ3v) is 3.59. The molecule has 1 spiro atoms. The average Bonchev–Trinajstić information content (AvgIpc) is 3.03. The first kappa shape index (κ1) is 11.2. The summed E-state index contributed by atoms with van der Waals surface area (Å²) in [6, 6.07) is 0. The lowest BCUT2D eigenvalue weighted by Crippen LogP contribution is -2.34. The van der Waals surface area contributed by atoms with E-state index in [1.807, 2.05) is 12.4 Å². The summed E-state index contributed by atoms with van der Waals surface area (Å²) in [5, 5.41) is 0. The van der Waals surface area contributed by atoms with Gasteiger partial charge in [0.15, 0.2) is 5.79 Å². The molecule has 17 heavy (non-hydrogen) atoms. The van der Waals surface area contributed by atoms with Crippen molar-refractivity contribution in [2.45, 2.75) is 32.2 Å². The van der Waals surface area contributed by atoms with Crippen LogP contribution >= 0.6 is 0 Å². The van der Waals surface area contributed by atoms with Gasteiger partial charge in [-0.3, -0.25) is 4.90 Å². The van der Waals surface area contributed by atoms with Crippen LogP contribution in [0.1, 0.15) is 19.2 Å². The Kier molecular flexibility index (Phi) is 2.90. The lowest BCUT2D eigenvalue weighted by Gasteiger charge is -2.22. The van der Waals surface area contributed by atoms with Crippen molar-refractivity contribution in [1.82, 2.24) is 14.5 Å². The van der Waals surface area contributed by atoms with E-state index in [-0.39, 0.29) is 5.79 Å². The highest BCUT2D eigenvalue weighted by molar-refractivity contribution is 4.95.